The van der Waals surface area contributed by atoms with Gasteiger partial charge in [-0.3, -0.25) is 15.2 Å². The summed E-state index contributed by atoms with van der Waals surface area (Å²) in [5.41, 5.74) is 9.97. The number of rotatable bonds is 10. The smallest absolute Gasteiger partial charge is 0.268 e. The van der Waals surface area contributed by atoms with Crippen molar-refractivity contribution in [3.63, 3.8) is 0 Å². The number of para-hydroxylation sites is 1. The van der Waals surface area contributed by atoms with Crippen LogP contribution in [0.25, 0.3) is 0 Å². The van der Waals surface area contributed by atoms with Crippen LogP contribution in [0.2, 0.25) is 0 Å². The number of nitrogens with one attached hydrogen (secondary N) is 1. The fraction of sp³-hybridized carbons (Fsp3) is 0.667. The first-order valence-corrected chi connectivity index (χ1v) is 11.4. The average molecular weight is 394 g/mol. The van der Waals surface area contributed by atoms with Crippen LogP contribution in [0.1, 0.15) is 51.9 Å². The third-order valence-electron chi connectivity index (χ3n) is 5.48. The van der Waals surface area contributed by atoms with Gasteiger partial charge < -0.3 is 10.8 Å². The molecule has 0 radical (unpaired) electrons. The quantitative estimate of drug-likeness (QED) is 0.532. The number of anilines is 1. The topological polar surface area (TPSA) is 78.6 Å². The molecule has 1 aromatic rings. The fourth-order valence-corrected chi connectivity index (χ4v) is 3.96. The number of nitrogens with zero attached hydrogens (tertiary/aromatic N) is 1. The van der Waals surface area contributed by atoms with Gasteiger partial charge in [-0.1, -0.05) is 57.2 Å². The van der Waals surface area contributed by atoms with Crippen molar-refractivity contribution in [2.75, 3.05) is 17.8 Å². The summed E-state index contributed by atoms with van der Waals surface area (Å²) in [6, 6.07) is 9.23. The van der Waals surface area contributed by atoms with Crippen molar-refractivity contribution in [1.82, 2.24) is 5.43 Å². The molecule has 0 aliphatic heterocycles. The third-order valence-corrected chi connectivity index (χ3v) is 6.52. The Balaban J connectivity index is 1.94. The highest BCUT2D eigenvalue weighted by atomic mass is 32.2. The lowest BCUT2D eigenvalue weighted by Crippen LogP contribution is -2.53. The molecule has 0 aromatic heterocycles. The van der Waals surface area contributed by atoms with Gasteiger partial charge in [0.15, 0.2) is 0 Å². The summed E-state index contributed by atoms with van der Waals surface area (Å²) in [5, 5.41) is 12.8. The average Bonchev–Trinajstić information content (AvgIpc) is 2.71. The van der Waals surface area contributed by atoms with Crippen LogP contribution in [0, 0.1) is 5.92 Å². The largest absolute Gasteiger partial charge is 0.382 e. The zero-order valence-electron chi connectivity index (χ0n) is 16.6. The maximum Gasteiger partial charge on any atom is 0.268 e. The first-order valence-electron chi connectivity index (χ1n) is 10.1. The second kappa shape index (κ2) is 11.6. The molecular formula is C21H35N3O2S. The van der Waals surface area contributed by atoms with E-state index in [0.717, 1.165) is 24.9 Å². The first-order chi connectivity index (χ1) is 13.0. The number of thioether (sulfide) groups is 1. The first kappa shape index (κ1) is 22.1. The van der Waals surface area contributed by atoms with Crippen molar-refractivity contribution in [3.05, 3.63) is 30.3 Å². The summed E-state index contributed by atoms with van der Waals surface area (Å²) in [7, 11) is 0. The molecule has 3 unspecified atom stereocenters. The molecule has 152 valence electrons. The second-order valence-corrected chi connectivity index (χ2v) is 8.92. The summed E-state index contributed by atoms with van der Waals surface area (Å²) in [6.45, 7) is 2.85. The predicted octanol–water partition coefficient (Wildman–Crippen LogP) is 3.32. The highest BCUT2D eigenvalue weighted by molar-refractivity contribution is 7.99. The molecule has 1 aliphatic rings. The Bertz CT molecular complexity index is 552. The van der Waals surface area contributed by atoms with Crippen LogP contribution in [0.3, 0.4) is 0 Å². The van der Waals surface area contributed by atoms with E-state index in [9.17, 15) is 9.90 Å². The van der Waals surface area contributed by atoms with E-state index in [4.69, 9.17) is 5.73 Å². The van der Waals surface area contributed by atoms with Crippen molar-refractivity contribution in [2.24, 2.45) is 11.7 Å². The fourth-order valence-electron chi connectivity index (χ4n) is 3.62. The number of carbonyl (C=O) groups is 1. The minimum Gasteiger partial charge on any atom is -0.382 e. The zero-order chi connectivity index (χ0) is 19.6. The molecule has 1 aromatic carbocycles. The lowest BCUT2D eigenvalue weighted by Gasteiger charge is -2.30. The highest BCUT2D eigenvalue weighted by Gasteiger charge is 2.27. The number of hydrogen-bond donors (Lipinski definition) is 3. The van der Waals surface area contributed by atoms with E-state index in [1.165, 1.54) is 19.3 Å². The molecular weight excluding hydrogens is 358 g/mol. The minimum absolute atomic E-state index is 0.418. The summed E-state index contributed by atoms with van der Waals surface area (Å²) in [6.07, 6.45) is 8.61. The van der Waals surface area contributed by atoms with Gasteiger partial charge in [0.05, 0.1) is 5.69 Å². The van der Waals surface area contributed by atoms with Crippen LogP contribution in [0.5, 0.6) is 0 Å². The predicted molar refractivity (Wildman–Crippen MR) is 115 cm³/mol. The molecule has 1 aliphatic carbocycles. The van der Waals surface area contributed by atoms with Gasteiger partial charge in [0.25, 0.3) is 5.91 Å². The van der Waals surface area contributed by atoms with Gasteiger partial charge in [0.2, 0.25) is 0 Å². The van der Waals surface area contributed by atoms with Crippen molar-refractivity contribution in [2.45, 2.75) is 69.3 Å². The maximum atomic E-state index is 12.6. The van der Waals surface area contributed by atoms with E-state index in [1.54, 1.807) is 11.8 Å². The number of aliphatic hydroxyl groups excluding tert-OH is 1. The summed E-state index contributed by atoms with van der Waals surface area (Å²) < 4.78 is 0. The number of nitrogens with two attached hydrogens (primary N) is 1. The van der Waals surface area contributed by atoms with Crippen molar-refractivity contribution >= 4 is 23.4 Å². The van der Waals surface area contributed by atoms with Crippen molar-refractivity contribution in [1.29, 1.82) is 0 Å². The molecule has 0 spiro atoms. The van der Waals surface area contributed by atoms with Gasteiger partial charge in [0, 0.05) is 17.8 Å². The number of hydrazine groups is 1. The molecule has 4 N–H and O–H groups in total. The summed E-state index contributed by atoms with van der Waals surface area (Å²) in [5.74, 6) is 0.114. The lowest BCUT2D eigenvalue weighted by molar-refractivity contribution is -0.130. The normalized spacial score (nSPS) is 18.5. The van der Waals surface area contributed by atoms with Gasteiger partial charge in [0.1, 0.15) is 6.10 Å². The van der Waals surface area contributed by atoms with E-state index in [0.29, 0.717) is 24.1 Å². The lowest BCUT2D eigenvalue weighted by atomic mass is 9.84. The monoisotopic (exact) mass is 393 g/mol. The molecule has 1 fully saturated rings. The van der Waals surface area contributed by atoms with E-state index in [-0.39, 0.29) is 0 Å². The number of amides is 1. The Hall–Kier alpha value is -1.24. The SMILES string of the molecule is CSC(C)CCN(NC(=O)C(O)C(N)CC1CCCCC1)c1ccccc1. The Morgan fingerprint density at radius 1 is 1.30 bits per heavy atom. The molecule has 0 heterocycles. The molecule has 2 rings (SSSR count). The van der Waals surface area contributed by atoms with Gasteiger partial charge in [-0.2, -0.15) is 11.8 Å². The number of carbonyl (C=O) groups excluding carboxylic acids is 1. The molecule has 27 heavy (non-hydrogen) atoms. The molecule has 3 atom stereocenters. The van der Waals surface area contributed by atoms with Crippen molar-refractivity contribution < 1.29 is 9.90 Å². The van der Waals surface area contributed by atoms with Gasteiger partial charge >= 0.3 is 0 Å². The Labute approximate surface area is 168 Å². The Kier molecular flexibility index (Phi) is 9.45. The van der Waals surface area contributed by atoms with E-state index in [1.807, 2.05) is 35.3 Å². The Morgan fingerprint density at radius 2 is 1.96 bits per heavy atom. The van der Waals surface area contributed by atoms with Crippen LogP contribution < -0.4 is 16.2 Å². The molecule has 0 saturated heterocycles. The summed E-state index contributed by atoms with van der Waals surface area (Å²) >= 11 is 1.80. The molecule has 5 nitrogen and oxygen atoms in total. The highest BCUT2D eigenvalue weighted by Crippen LogP contribution is 2.27. The van der Waals surface area contributed by atoms with Crippen LogP contribution in [0.4, 0.5) is 5.69 Å². The number of benzene rings is 1. The van der Waals surface area contributed by atoms with Crippen molar-refractivity contribution in [3.8, 4) is 0 Å². The van der Waals surface area contributed by atoms with Crippen LogP contribution in [-0.4, -0.2) is 41.2 Å². The Morgan fingerprint density at radius 3 is 2.59 bits per heavy atom. The molecule has 1 amide bonds. The maximum absolute atomic E-state index is 12.6. The van der Waals surface area contributed by atoms with Crippen LogP contribution in [0.15, 0.2) is 30.3 Å². The third kappa shape index (κ3) is 7.35. The molecule has 6 heteroatoms. The van der Waals surface area contributed by atoms with Crippen LogP contribution in [-0.2, 0) is 4.79 Å². The second-order valence-electron chi connectivity index (χ2n) is 7.65. The summed E-state index contributed by atoms with van der Waals surface area (Å²) in [4.78, 5) is 12.6. The molecule has 0 bridgehead atoms. The van der Waals surface area contributed by atoms with E-state index in [2.05, 4.69) is 18.6 Å². The standard InChI is InChI=1S/C21H35N3O2S/c1-16(27-2)13-14-24(18-11-7-4-8-12-18)23-21(26)20(25)19(22)15-17-9-5-3-6-10-17/h4,7-8,11-12,16-17,19-20,25H,3,5-6,9-10,13-15,22H2,1-2H3,(H,23,26). The number of aliphatic hydroxyl groups is 1. The van der Waals surface area contributed by atoms with Gasteiger partial charge in [-0.15, -0.1) is 0 Å². The van der Waals surface area contributed by atoms with E-state index >= 15 is 0 Å². The zero-order valence-corrected chi connectivity index (χ0v) is 17.5. The number of hydrogen-bond acceptors (Lipinski definition) is 5. The van der Waals surface area contributed by atoms with Gasteiger partial charge in [-0.05, 0) is 37.1 Å². The minimum atomic E-state index is -1.18. The molecule has 1 saturated carbocycles. The van der Waals surface area contributed by atoms with E-state index < -0.39 is 18.1 Å². The van der Waals surface area contributed by atoms with Gasteiger partial charge in [-0.25, -0.2) is 0 Å². The van der Waals surface area contributed by atoms with Crippen LogP contribution >= 0.6 is 11.8 Å².